The number of aromatic carboxylic acids is 1. The van der Waals surface area contributed by atoms with E-state index in [4.69, 9.17) is 30.1 Å². The van der Waals surface area contributed by atoms with Crippen LogP contribution in [-0.4, -0.2) is 39.4 Å². The molecule has 0 unspecified atom stereocenters. The molecule has 0 aliphatic carbocycles. The molecule has 0 aliphatic heterocycles. The topological polar surface area (TPSA) is 175 Å². The minimum Gasteiger partial charge on any atom is -0.507 e. The summed E-state index contributed by atoms with van der Waals surface area (Å²) in [5.74, 6) is -2.04. The van der Waals surface area contributed by atoms with Crippen LogP contribution in [0.5, 0.6) is 5.75 Å². The highest BCUT2D eigenvalue weighted by Gasteiger charge is 2.16. The molecule has 0 amide bonds. The molecule has 0 heterocycles. The van der Waals surface area contributed by atoms with Gasteiger partial charge in [-0.1, -0.05) is 0 Å². The summed E-state index contributed by atoms with van der Waals surface area (Å²) in [6.07, 6.45) is 0. The second-order valence-corrected chi connectivity index (χ2v) is 4.12. The molecule has 0 bridgehead atoms. The molecule has 4 N–H and O–H groups in total. The van der Waals surface area contributed by atoms with E-state index in [1.807, 2.05) is 0 Å². The fourth-order valence-electron chi connectivity index (χ4n) is 0.847. The number of nitrogens with zero attached hydrogens (tertiary/aromatic N) is 1. The Hall–Kier alpha value is -2.40. The van der Waals surface area contributed by atoms with Gasteiger partial charge in [-0.15, -0.1) is 10.1 Å². The van der Waals surface area contributed by atoms with Crippen LogP contribution in [0.3, 0.4) is 0 Å². The van der Waals surface area contributed by atoms with E-state index in [9.17, 15) is 13.2 Å². The Morgan fingerprint density at radius 3 is 2.11 bits per heavy atom. The first-order valence-electron chi connectivity index (χ1n) is 3.92. The summed E-state index contributed by atoms with van der Waals surface area (Å²) >= 11 is 0. The van der Waals surface area contributed by atoms with E-state index in [0.29, 0.717) is 6.07 Å². The van der Waals surface area contributed by atoms with E-state index in [0.717, 1.165) is 12.1 Å². The van der Waals surface area contributed by atoms with Gasteiger partial charge in [-0.25, -0.2) is 4.79 Å². The maximum absolute atomic E-state index is 10.6. The third-order valence-corrected chi connectivity index (χ3v) is 2.35. The van der Waals surface area contributed by atoms with Gasteiger partial charge in [0.05, 0.1) is 4.90 Å². The molecule has 18 heavy (non-hydrogen) atoms. The van der Waals surface area contributed by atoms with Crippen molar-refractivity contribution in [1.82, 2.24) is 0 Å². The van der Waals surface area contributed by atoms with Crippen LogP contribution >= 0.6 is 0 Å². The van der Waals surface area contributed by atoms with Crippen LogP contribution in [0.2, 0.25) is 0 Å². The summed E-state index contributed by atoms with van der Waals surface area (Å²) in [5.41, 5.74) is -0.583. The summed E-state index contributed by atoms with van der Waals surface area (Å²) < 4.78 is 29.8. The van der Waals surface area contributed by atoms with Crippen molar-refractivity contribution in [1.29, 1.82) is 0 Å². The zero-order valence-corrected chi connectivity index (χ0v) is 9.23. The highest BCUT2D eigenvalue weighted by Crippen LogP contribution is 2.20. The van der Waals surface area contributed by atoms with E-state index >= 15 is 0 Å². The predicted octanol–water partition coefficient (Wildman–Crippen LogP) is -0.0106. The monoisotopic (exact) mass is 281 g/mol. The number of aromatic hydroxyl groups is 1. The first kappa shape index (κ1) is 15.6. The van der Waals surface area contributed by atoms with Crippen LogP contribution in [0, 0.1) is 10.1 Å². The Labute approximate surface area is 99.6 Å². The van der Waals surface area contributed by atoms with Crippen LogP contribution < -0.4 is 0 Å². The summed E-state index contributed by atoms with van der Waals surface area (Å²) in [5, 5.41) is 31.2. The molecular formula is C7H7NO9S. The number of carboxylic acids is 1. The first-order valence-corrected chi connectivity index (χ1v) is 5.36. The number of rotatable bonds is 2. The first-order chi connectivity index (χ1) is 8.05. The van der Waals surface area contributed by atoms with E-state index in [1.54, 1.807) is 0 Å². The quantitative estimate of drug-likeness (QED) is 0.330. The number of carbonyl (C=O) groups is 1. The number of benzene rings is 1. The summed E-state index contributed by atoms with van der Waals surface area (Å²) in [6, 6.07) is 2.46. The molecule has 0 fully saturated rings. The van der Waals surface area contributed by atoms with Gasteiger partial charge in [0.2, 0.25) is 0 Å². The summed E-state index contributed by atoms with van der Waals surface area (Å²) in [6.45, 7) is 0. The van der Waals surface area contributed by atoms with Gasteiger partial charge in [0.25, 0.3) is 15.2 Å². The maximum Gasteiger partial charge on any atom is 0.339 e. The standard InChI is InChI=1S/C7H6O6S.HNO3/c8-6-2-1-4(14(11,12)13)3-5(6)7(9)10;2-1(3)4/h1-3,8H,(H,9,10)(H,11,12,13);(H,2,3,4). The van der Waals surface area contributed by atoms with Gasteiger partial charge >= 0.3 is 5.97 Å². The molecule has 0 atom stereocenters. The zero-order valence-electron chi connectivity index (χ0n) is 8.42. The molecule has 0 spiro atoms. The van der Waals surface area contributed by atoms with E-state index in [2.05, 4.69) is 0 Å². The molecule has 1 aromatic rings. The molecule has 0 aliphatic rings. The van der Waals surface area contributed by atoms with Crippen molar-refractivity contribution >= 4 is 16.1 Å². The van der Waals surface area contributed by atoms with Gasteiger partial charge < -0.3 is 15.4 Å². The highest BCUT2D eigenvalue weighted by atomic mass is 32.2. The number of hydrogen-bond acceptors (Lipinski definition) is 6. The Bertz CT molecular complexity index is 560. The van der Waals surface area contributed by atoms with Gasteiger partial charge in [-0.3, -0.25) is 4.55 Å². The van der Waals surface area contributed by atoms with Crippen molar-refractivity contribution in [3.8, 4) is 5.75 Å². The second-order valence-electron chi connectivity index (χ2n) is 2.70. The Morgan fingerprint density at radius 1 is 1.33 bits per heavy atom. The minimum atomic E-state index is -4.45. The van der Waals surface area contributed by atoms with E-state index in [1.165, 1.54) is 0 Å². The van der Waals surface area contributed by atoms with Crippen LogP contribution in [-0.2, 0) is 10.1 Å². The van der Waals surface area contributed by atoms with Gasteiger partial charge in [0, 0.05) is 0 Å². The van der Waals surface area contributed by atoms with Crippen LogP contribution in [0.1, 0.15) is 10.4 Å². The zero-order chi connectivity index (χ0) is 14.5. The van der Waals surface area contributed by atoms with Gasteiger partial charge in [-0.2, -0.15) is 8.42 Å². The normalized spacial score (nSPS) is 10.1. The van der Waals surface area contributed by atoms with Crippen molar-refractivity contribution in [3.05, 3.63) is 33.9 Å². The van der Waals surface area contributed by atoms with Gasteiger partial charge in [-0.05, 0) is 18.2 Å². The smallest absolute Gasteiger partial charge is 0.339 e. The molecule has 11 heteroatoms. The van der Waals surface area contributed by atoms with Gasteiger partial charge in [0.15, 0.2) is 0 Å². The highest BCUT2D eigenvalue weighted by molar-refractivity contribution is 7.85. The van der Waals surface area contributed by atoms with Gasteiger partial charge in [0.1, 0.15) is 11.3 Å². The molecule has 1 rings (SSSR count). The predicted molar refractivity (Wildman–Crippen MR) is 53.7 cm³/mol. The molecular weight excluding hydrogens is 274 g/mol. The lowest BCUT2D eigenvalue weighted by atomic mass is 10.2. The third kappa shape index (κ3) is 5.09. The molecule has 1 aromatic carbocycles. The van der Waals surface area contributed by atoms with Crippen molar-refractivity contribution in [3.63, 3.8) is 0 Å². The van der Waals surface area contributed by atoms with Crippen molar-refractivity contribution in [2.24, 2.45) is 0 Å². The SMILES string of the molecule is O=C(O)c1cc(S(=O)(=O)O)ccc1O.O=[N+]([O-])O. The maximum atomic E-state index is 10.6. The van der Waals surface area contributed by atoms with E-state index in [-0.39, 0.29) is 0 Å². The lowest BCUT2D eigenvalue weighted by Crippen LogP contribution is -2.02. The molecule has 0 radical (unpaired) electrons. The molecule has 0 saturated carbocycles. The Morgan fingerprint density at radius 2 is 1.78 bits per heavy atom. The summed E-state index contributed by atoms with van der Waals surface area (Å²) in [4.78, 5) is 18.2. The number of hydrogen-bond donors (Lipinski definition) is 4. The largest absolute Gasteiger partial charge is 0.507 e. The van der Waals surface area contributed by atoms with Crippen molar-refractivity contribution in [2.75, 3.05) is 0 Å². The number of carboxylic acid groups (broad SMARTS) is 1. The second kappa shape index (κ2) is 5.79. The van der Waals surface area contributed by atoms with Crippen LogP contribution in [0.4, 0.5) is 0 Å². The fourth-order valence-corrected chi connectivity index (χ4v) is 1.35. The van der Waals surface area contributed by atoms with E-state index < -0.39 is 37.4 Å². The number of phenols is 1. The Kier molecular flexibility index (Phi) is 5.02. The van der Waals surface area contributed by atoms with Crippen LogP contribution in [0.15, 0.2) is 23.1 Å². The summed E-state index contributed by atoms with van der Waals surface area (Å²) in [7, 11) is -4.45. The molecule has 100 valence electrons. The lowest BCUT2D eigenvalue weighted by molar-refractivity contribution is -0.742. The molecule has 0 aromatic heterocycles. The van der Waals surface area contributed by atoms with Crippen LogP contribution in [0.25, 0.3) is 0 Å². The lowest BCUT2D eigenvalue weighted by Gasteiger charge is -2.01. The molecule has 0 saturated heterocycles. The Balaban J connectivity index is 0.000000631. The third-order valence-electron chi connectivity index (χ3n) is 1.50. The average Bonchev–Trinajstić information content (AvgIpc) is 2.14. The average molecular weight is 281 g/mol. The fraction of sp³-hybridized carbons (Fsp3) is 0. The van der Waals surface area contributed by atoms with Crippen molar-refractivity contribution in [2.45, 2.75) is 4.90 Å². The minimum absolute atomic E-state index is 0.565. The molecule has 10 nitrogen and oxygen atoms in total. The van der Waals surface area contributed by atoms with Crippen molar-refractivity contribution < 1.29 is 38.3 Å².